The summed E-state index contributed by atoms with van der Waals surface area (Å²) in [6.45, 7) is 5.57. The van der Waals surface area contributed by atoms with E-state index < -0.39 is 30.0 Å². The first-order chi connectivity index (χ1) is 11.3. The van der Waals surface area contributed by atoms with Crippen molar-refractivity contribution in [3.8, 4) is 0 Å². The maximum Gasteiger partial charge on any atom is 0.326 e. The van der Waals surface area contributed by atoms with E-state index in [1.54, 1.807) is 20.8 Å². The van der Waals surface area contributed by atoms with Crippen molar-refractivity contribution >= 4 is 17.9 Å². The minimum absolute atomic E-state index is 0.182. The Hall–Kier alpha value is -2.57. The van der Waals surface area contributed by atoms with E-state index in [1.165, 1.54) is 0 Å². The zero-order chi connectivity index (χ0) is 18.1. The van der Waals surface area contributed by atoms with Crippen LogP contribution in [-0.2, 0) is 16.1 Å². The largest absolute Gasteiger partial charge is 0.480 e. The van der Waals surface area contributed by atoms with E-state index in [1.807, 2.05) is 30.3 Å². The molecule has 3 amide bonds. The summed E-state index contributed by atoms with van der Waals surface area (Å²) in [5.41, 5.74) is 0.940. The standard InChI is InChI=1S/C17H25N3O4/c1-4-13(16(22)23)19-15(21)14(11(2)3)20-17(24)18-10-12-8-6-5-7-9-12/h5-9,11,13-14H,4,10H2,1-3H3,(H,19,21)(H,22,23)(H2,18,20,24). The van der Waals surface area contributed by atoms with Crippen LogP contribution in [-0.4, -0.2) is 35.1 Å². The third kappa shape index (κ3) is 6.28. The molecule has 7 heteroatoms. The van der Waals surface area contributed by atoms with E-state index in [0.717, 1.165) is 5.56 Å². The van der Waals surface area contributed by atoms with Crippen LogP contribution in [0.5, 0.6) is 0 Å². The Kier molecular flexibility index (Phi) is 7.74. The van der Waals surface area contributed by atoms with Crippen LogP contribution in [0, 0.1) is 5.92 Å². The molecule has 0 aliphatic heterocycles. The lowest BCUT2D eigenvalue weighted by molar-refractivity contribution is -0.142. The molecule has 24 heavy (non-hydrogen) atoms. The van der Waals surface area contributed by atoms with Crippen LogP contribution in [0.4, 0.5) is 4.79 Å². The summed E-state index contributed by atoms with van der Waals surface area (Å²) in [6.07, 6.45) is 0.270. The Morgan fingerprint density at radius 1 is 1.08 bits per heavy atom. The van der Waals surface area contributed by atoms with Crippen molar-refractivity contribution in [3.05, 3.63) is 35.9 Å². The van der Waals surface area contributed by atoms with Crippen LogP contribution in [0.15, 0.2) is 30.3 Å². The van der Waals surface area contributed by atoms with Gasteiger partial charge in [0, 0.05) is 6.54 Å². The van der Waals surface area contributed by atoms with E-state index in [0.29, 0.717) is 6.54 Å². The van der Waals surface area contributed by atoms with Crippen LogP contribution in [0.25, 0.3) is 0 Å². The first kappa shape index (κ1) is 19.5. The SMILES string of the molecule is CCC(NC(=O)C(NC(=O)NCc1ccccc1)C(C)C)C(=O)O. The average Bonchev–Trinajstić information content (AvgIpc) is 2.55. The number of hydrogen-bond donors (Lipinski definition) is 4. The van der Waals surface area contributed by atoms with Gasteiger partial charge in [-0.05, 0) is 17.9 Å². The minimum Gasteiger partial charge on any atom is -0.480 e. The number of nitrogens with one attached hydrogen (secondary N) is 3. The van der Waals surface area contributed by atoms with Gasteiger partial charge in [-0.25, -0.2) is 9.59 Å². The van der Waals surface area contributed by atoms with Gasteiger partial charge in [0.2, 0.25) is 5.91 Å². The maximum absolute atomic E-state index is 12.3. The van der Waals surface area contributed by atoms with E-state index in [-0.39, 0.29) is 12.3 Å². The zero-order valence-electron chi connectivity index (χ0n) is 14.2. The highest BCUT2D eigenvalue weighted by Gasteiger charge is 2.27. The molecule has 0 aliphatic carbocycles. The molecule has 1 aromatic carbocycles. The van der Waals surface area contributed by atoms with Crippen molar-refractivity contribution in [1.29, 1.82) is 0 Å². The molecule has 0 spiro atoms. The van der Waals surface area contributed by atoms with Crippen LogP contribution in [0.3, 0.4) is 0 Å². The third-order valence-corrected chi connectivity index (χ3v) is 3.55. The van der Waals surface area contributed by atoms with Gasteiger partial charge in [0.15, 0.2) is 0 Å². The van der Waals surface area contributed by atoms with Gasteiger partial charge in [-0.2, -0.15) is 0 Å². The first-order valence-electron chi connectivity index (χ1n) is 7.96. The van der Waals surface area contributed by atoms with Crippen molar-refractivity contribution in [2.24, 2.45) is 5.92 Å². The molecule has 0 saturated carbocycles. The van der Waals surface area contributed by atoms with Crippen molar-refractivity contribution in [1.82, 2.24) is 16.0 Å². The molecule has 0 heterocycles. The number of aliphatic carboxylic acids is 1. The maximum atomic E-state index is 12.3. The highest BCUT2D eigenvalue weighted by Crippen LogP contribution is 2.04. The third-order valence-electron chi connectivity index (χ3n) is 3.55. The fourth-order valence-corrected chi connectivity index (χ4v) is 2.11. The molecular formula is C17H25N3O4. The van der Waals surface area contributed by atoms with Crippen molar-refractivity contribution in [3.63, 3.8) is 0 Å². The molecule has 0 fully saturated rings. The lowest BCUT2D eigenvalue weighted by Crippen LogP contribution is -2.55. The molecule has 1 aromatic rings. The number of carboxylic acid groups (broad SMARTS) is 1. The van der Waals surface area contributed by atoms with Crippen LogP contribution in [0.2, 0.25) is 0 Å². The van der Waals surface area contributed by atoms with E-state index >= 15 is 0 Å². The second kappa shape index (κ2) is 9.54. The number of carbonyl (C=O) groups is 3. The molecule has 0 bridgehead atoms. The molecule has 0 radical (unpaired) electrons. The van der Waals surface area contributed by atoms with Gasteiger partial charge in [-0.3, -0.25) is 4.79 Å². The molecule has 2 unspecified atom stereocenters. The molecule has 4 N–H and O–H groups in total. The summed E-state index contributed by atoms with van der Waals surface area (Å²) in [5.74, 6) is -1.78. The topological polar surface area (TPSA) is 108 Å². The molecular weight excluding hydrogens is 310 g/mol. The smallest absolute Gasteiger partial charge is 0.326 e. The second-order valence-electron chi connectivity index (χ2n) is 5.84. The molecule has 132 valence electrons. The number of hydrogen-bond acceptors (Lipinski definition) is 3. The summed E-state index contributed by atoms with van der Waals surface area (Å²) in [5, 5.41) is 16.7. The Bertz CT molecular complexity index is 560. The van der Waals surface area contributed by atoms with Crippen LogP contribution >= 0.6 is 0 Å². The van der Waals surface area contributed by atoms with Crippen molar-refractivity contribution in [2.45, 2.75) is 45.8 Å². The van der Waals surface area contributed by atoms with Gasteiger partial charge in [-0.1, -0.05) is 51.1 Å². The number of carbonyl (C=O) groups excluding carboxylic acids is 2. The van der Waals surface area contributed by atoms with E-state index in [4.69, 9.17) is 5.11 Å². The number of carboxylic acids is 1. The highest BCUT2D eigenvalue weighted by molar-refractivity contribution is 5.90. The van der Waals surface area contributed by atoms with Gasteiger partial charge >= 0.3 is 12.0 Å². The normalized spacial score (nSPS) is 13.0. The predicted molar refractivity (Wildman–Crippen MR) is 90.3 cm³/mol. The minimum atomic E-state index is -1.10. The summed E-state index contributed by atoms with van der Waals surface area (Å²) in [4.78, 5) is 35.3. The van der Waals surface area contributed by atoms with Gasteiger partial charge in [0.25, 0.3) is 0 Å². The lowest BCUT2D eigenvalue weighted by Gasteiger charge is -2.23. The number of urea groups is 1. The Morgan fingerprint density at radius 2 is 1.71 bits per heavy atom. The van der Waals surface area contributed by atoms with Crippen LogP contribution in [0.1, 0.15) is 32.8 Å². The fourth-order valence-electron chi connectivity index (χ4n) is 2.11. The monoisotopic (exact) mass is 335 g/mol. The lowest BCUT2D eigenvalue weighted by atomic mass is 10.0. The van der Waals surface area contributed by atoms with E-state index in [2.05, 4.69) is 16.0 Å². The Balaban J connectivity index is 2.59. The Morgan fingerprint density at radius 3 is 2.21 bits per heavy atom. The molecule has 0 aromatic heterocycles. The second-order valence-corrected chi connectivity index (χ2v) is 5.84. The molecule has 7 nitrogen and oxygen atoms in total. The first-order valence-corrected chi connectivity index (χ1v) is 7.96. The summed E-state index contributed by atoms with van der Waals surface area (Å²) in [7, 11) is 0. The molecule has 0 saturated heterocycles. The van der Waals surface area contributed by atoms with Gasteiger partial charge in [-0.15, -0.1) is 0 Å². The fraction of sp³-hybridized carbons (Fsp3) is 0.471. The molecule has 0 aliphatic rings. The quantitative estimate of drug-likeness (QED) is 0.577. The average molecular weight is 335 g/mol. The predicted octanol–water partition coefficient (Wildman–Crippen LogP) is 1.49. The van der Waals surface area contributed by atoms with Gasteiger partial charge in [0.05, 0.1) is 0 Å². The number of rotatable bonds is 8. The van der Waals surface area contributed by atoms with Crippen molar-refractivity contribution in [2.75, 3.05) is 0 Å². The number of amides is 3. The van der Waals surface area contributed by atoms with Gasteiger partial charge in [0.1, 0.15) is 12.1 Å². The zero-order valence-corrected chi connectivity index (χ0v) is 14.2. The molecule has 1 rings (SSSR count). The highest BCUT2D eigenvalue weighted by atomic mass is 16.4. The van der Waals surface area contributed by atoms with E-state index in [9.17, 15) is 14.4 Å². The summed E-state index contributed by atoms with van der Waals surface area (Å²) >= 11 is 0. The Labute approximate surface area is 141 Å². The van der Waals surface area contributed by atoms with Crippen LogP contribution < -0.4 is 16.0 Å². The summed E-state index contributed by atoms with van der Waals surface area (Å²) < 4.78 is 0. The molecule has 2 atom stereocenters. The summed E-state index contributed by atoms with van der Waals surface area (Å²) in [6, 6.07) is 7.14. The number of benzene rings is 1. The van der Waals surface area contributed by atoms with Crippen molar-refractivity contribution < 1.29 is 19.5 Å². The van der Waals surface area contributed by atoms with Gasteiger partial charge < -0.3 is 21.1 Å².